The summed E-state index contributed by atoms with van der Waals surface area (Å²) in [6.45, 7) is 1.90. The van der Waals surface area contributed by atoms with Gasteiger partial charge in [-0.15, -0.1) is 10.2 Å². The molecule has 1 N–H and O–H groups in total. The van der Waals surface area contributed by atoms with Crippen molar-refractivity contribution < 1.29 is 9.15 Å². The molecule has 1 aliphatic rings. The lowest BCUT2D eigenvalue weighted by Crippen LogP contribution is -2.16. The van der Waals surface area contributed by atoms with Crippen LogP contribution >= 0.6 is 11.8 Å². The van der Waals surface area contributed by atoms with Gasteiger partial charge in [0.2, 0.25) is 17.3 Å². The van der Waals surface area contributed by atoms with Gasteiger partial charge in [0.15, 0.2) is 11.5 Å². The highest BCUT2D eigenvalue weighted by Gasteiger charge is 2.27. The number of hydrogen-bond acceptors (Lipinski definition) is 7. The van der Waals surface area contributed by atoms with Gasteiger partial charge >= 0.3 is 0 Å². The van der Waals surface area contributed by atoms with E-state index in [9.17, 15) is 0 Å². The molecule has 4 rings (SSSR count). The van der Waals surface area contributed by atoms with Crippen LogP contribution in [0.1, 0.15) is 17.7 Å². The van der Waals surface area contributed by atoms with E-state index in [0.29, 0.717) is 22.5 Å². The Bertz CT molecular complexity index is 865. The van der Waals surface area contributed by atoms with Gasteiger partial charge in [0.25, 0.3) is 0 Å². The molecule has 3 heterocycles. The zero-order chi connectivity index (χ0) is 15.8. The van der Waals surface area contributed by atoms with Gasteiger partial charge in [-0.1, -0.05) is 30.0 Å². The number of aryl methyl sites for hydroxylation is 1. The number of benzene rings is 1. The van der Waals surface area contributed by atoms with Gasteiger partial charge in [0.05, 0.1) is 0 Å². The number of furan rings is 1. The van der Waals surface area contributed by atoms with E-state index in [0.717, 1.165) is 17.0 Å². The summed E-state index contributed by atoms with van der Waals surface area (Å²) in [5.41, 5.74) is 2.43. The number of nitrogens with zero attached hydrogens (tertiary/aromatic N) is 3. The zero-order valence-corrected chi connectivity index (χ0v) is 13.4. The predicted octanol–water partition coefficient (Wildman–Crippen LogP) is 3.67. The van der Waals surface area contributed by atoms with Crippen molar-refractivity contribution in [3.63, 3.8) is 0 Å². The van der Waals surface area contributed by atoms with Crippen LogP contribution in [-0.4, -0.2) is 21.4 Å². The van der Waals surface area contributed by atoms with Crippen LogP contribution in [0.2, 0.25) is 0 Å². The average Bonchev–Trinajstić information content (AvgIpc) is 2.93. The first kappa shape index (κ1) is 14.1. The SMILES string of the molecule is CSc1nnc2c(n1)O[C@@H](c1ccc(C)o1)Nc1ccccc1-2. The van der Waals surface area contributed by atoms with Gasteiger partial charge in [-0.2, -0.15) is 4.98 Å². The normalized spacial score (nSPS) is 15.8. The van der Waals surface area contributed by atoms with Crippen LogP contribution in [0.15, 0.2) is 46.0 Å². The molecule has 0 saturated heterocycles. The number of ether oxygens (including phenoxy) is 1. The van der Waals surface area contributed by atoms with Crippen molar-refractivity contribution >= 4 is 17.4 Å². The largest absolute Gasteiger partial charge is 0.460 e. The number of nitrogens with one attached hydrogen (secondary N) is 1. The van der Waals surface area contributed by atoms with Gasteiger partial charge in [0.1, 0.15) is 5.76 Å². The van der Waals surface area contributed by atoms with Crippen molar-refractivity contribution in [1.82, 2.24) is 15.2 Å². The fourth-order valence-electron chi connectivity index (χ4n) is 2.46. The molecule has 1 atom stereocenters. The molecule has 0 radical (unpaired) electrons. The summed E-state index contributed by atoms with van der Waals surface area (Å²) < 4.78 is 11.8. The lowest BCUT2D eigenvalue weighted by molar-refractivity contribution is 0.194. The Balaban J connectivity index is 1.87. The molecule has 7 heteroatoms. The lowest BCUT2D eigenvalue weighted by atomic mass is 10.1. The van der Waals surface area contributed by atoms with E-state index in [1.807, 2.05) is 49.6 Å². The second kappa shape index (κ2) is 5.58. The Morgan fingerprint density at radius 3 is 2.78 bits per heavy atom. The second-order valence-electron chi connectivity index (χ2n) is 5.09. The number of fused-ring (bicyclic) bond motifs is 3. The third-order valence-corrected chi connectivity index (χ3v) is 4.07. The van der Waals surface area contributed by atoms with E-state index < -0.39 is 6.23 Å². The van der Waals surface area contributed by atoms with Crippen molar-refractivity contribution in [2.75, 3.05) is 11.6 Å². The molecular weight excluding hydrogens is 312 g/mol. The molecule has 0 aliphatic carbocycles. The van der Waals surface area contributed by atoms with Crippen LogP contribution in [0.3, 0.4) is 0 Å². The van der Waals surface area contributed by atoms with Crippen LogP contribution in [0.4, 0.5) is 5.69 Å². The summed E-state index contributed by atoms with van der Waals surface area (Å²) in [6, 6.07) is 11.6. The second-order valence-corrected chi connectivity index (χ2v) is 5.86. The predicted molar refractivity (Wildman–Crippen MR) is 87.5 cm³/mol. The van der Waals surface area contributed by atoms with E-state index in [1.165, 1.54) is 11.8 Å². The van der Waals surface area contributed by atoms with Crippen LogP contribution in [0, 0.1) is 6.92 Å². The molecule has 3 aromatic rings. The van der Waals surface area contributed by atoms with Gasteiger partial charge < -0.3 is 14.5 Å². The van der Waals surface area contributed by atoms with Gasteiger partial charge in [-0.3, -0.25) is 0 Å². The lowest BCUT2D eigenvalue weighted by Gasteiger charge is -2.16. The molecule has 2 aromatic heterocycles. The molecule has 6 nitrogen and oxygen atoms in total. The number of thioether (sulfide) groups is 1. The summed E-state index contributed by atoms with van der Waals surface area (Å²) >= 11 is 1.42. The van der Waals surface area contributed by atoms with Crippen LogP contribution < -0.4 is 10.1 Å². The van der Waals surface area contributed by atoms with Crippen molar-refractivity contribution in [2.45, 2.75) is 18.3 Å². The van der Waals surface area contributed by atoms with Crippen molar-refractivity contribution in [2.24, 2.45) is 0 Å². The molecule has 116 valence electrons. The molecule has 0 fully saturated rings. The standard InChI is InChI=1S/C16H14N4O2S/c1-9-7-8-12(21-9)14-17-11-6-4-3-5-10(11)13-15(22-14)18-16(23-2)20-19-13/h3-8,14,17H,1-2H3/t14-/m0/s1. The van der Waals surface area contributed by atoms with Crippen LogP contribution in [-0.2, 0) is 0 Å². The summed E-state index contributed by atoms with van der Waals surface area (Å²) in [5.74, 6) is 1.96. The first-order chi connectivity index (χ1) is 11.2. The number of aromatic nitrogens is 3. The quantitative estimate of drug-likeness (QED) is 0.720. The summed E-state index contributed by atoms with van der Waals surface area (Å²) in [5, 5.41) is 12.3. The molecule has 1 aromatic carbocycles. The molecule has 0 amide bonds. The minimum Gasteiger partial charge on any atom is -0.460 e. The van der Waals surface area contributed by atoms with E-state index in [2.05, 4.69) is 20.5 Å². The smallest absolute Gasteiger partial charge is 0.247 e. The molecule has 23 heavy (non-hydrogen) atoms. The molecule has 0 saturated carbocycles. The first-order valence-corrected chi connectivity index (χ1v) is 8.35. The molecule has 0 spiro atoms. The fourth-order valence-corrected chi connectivity index (χ4v) is 2.75. The maximum Gasteiger partial charge on any atom is 0.247 e. The van der Waals surface area contributed by atoms with Crippen molar-refractivity contribution in [1.29, 1.82) is 0 Å². The number of hydrogen-bond donors (Lipinski definition) is 1. The Morgan fingerprint density at radius 1 is 1.13 bits per heavy atom. The maximum absolute atomic E-state index is 6.05. The Hall–Kier alpha value is -2.54. The zero-order valence-electron chi connectivity index (χ0n) is 12.6. The molecule has 1 aliphatic heterocycles. The number of para-hydroxylation sites is 1. The van der Waals surface area contributed by atoms with Gasteiger partial charge in [-0.05, 0) is 31.4 Å². The minimum atomic E-state index is -0.475. The van der Waals surface area contributed by atoms with E-state index in [1.54, 1.807) is 0 Å². The third-order valence-electron chi connectivity index (χ3n) is 3.54. The highest BCUT2D eigenvalue weighted by atomic mass is 32.2. The van der Waals surface area contributed by atoms with Crippen molar-refractivity contribution in [3.05, 3.63) is 47.9 Å². The number of rotatable bonds is 2. The van der Waals surface area contributed by atoms with Gasteiger partial charge in [-0.25, -0.2) is 0 Å². The van der Waals surface area contributed by atoms with E-state index in [4.69, 9.17) is 9.15 Å². The average molecular weight is 326 g/mol. The Labute approximate surface area is 137 Å². The highest BCUT2D eigenvalue weighted by Crippen LogP contribution is 2.39. The maximum atomic E-state index is 6.05. The van der Waals surface area contributed by atoms with E-state index >= 15 is 0 Å². The monoisotopic (exact) mass is 326 g/mol. The van der Waals surface area contributed by atoms with Crippen molar-refractivity contribution in [3.8, 4) is 17.1 Å². The molecule has 0 bridgehead atoms. The highest BCUT2D eigenvalue weighted by molar-refractivity contribution is 7.98. The molecule has 0 unspecified atom stereocenters. The van der Waals surface area contributed by atoms with E-state index in [-0.39, 0.29) is 0 Å². The summed E-state index contributed by atoms with van der Waals surface area (Å²) in [6.07, 6.45) is 1.43. The molecular formula is C16H14N4O2S. The summed E-state index contributed by atoms with van der Waals surface area (Å²) in [4.78, 5) is 4.46. The topological polar surface area (TPSA) is 73.1 Å². The van der Waals surface area contributed by atoms with Crippen LogP contribution in [0.25, 0.3) is 11.3 Å². The Kier molecular flexibility index (Phi) is 3.42. The third kappa shape index (κ3) is 2.53. The summed E-state index contributed by atoms with van der Waals surface area (Å²) in [7, 11) is 0. The number of anilines is 1. The first-order valence-electron chi connectivity index (χ1n) is 7.12. The fraction of sp³-hybridized carbons (Fsp3) is 0.188. The Morgan fingerprint density at radius 2 is 2.00 bits per heavy atom. The minimum absolute atomic E-state index is 0.445. The van der Waals surface area contributed by atoms with Crippen LogP contribution in [0.5, 0.6) is 5.88 Å². The van der Waals surface area contributed by atoms with Gasteiger partial charge in [0, 0.05) is 11.3 Å².